The van der Waals surface area contributed by atoms with Gasteiger partial charge in [-0.3, -0.25) is 4.79 Å². The van der Waals surface area contributed by atoms with Gasteiger partial charge in [-0.15, -0.1) is 11.3 Å². The highest BCUT2D eigenvalue weighted by atomic mass is 32.1. The molecule has 6 heteroatoms. The number of carboxylic acids is 1. The van der Waals surface area contributed by atoms with Gasteiger partial charge in [0, 0.05) is 16.0 Å². The highest BCUT2D eigenvalue weighted by Gasteiger charge is 2.21. The minimum atomic E-state index is -1.07. The van der Waals surface area contributed by atoms with Gasteiger partial charge < -0.3 is 15.5 Å². The molecule has 2 aromatic rings. The zero-order valence-corrected chi connectivity index (χ0v) is 12.7. The zero-order valence-electron chi connectivity index (χ0n) is 11.9. The first-order valence-corrected chi connectivity index (χ1v) is 7.07. The SMILES string of the molecule is Cc1sc(NC(=O)c2cccc(O)c2C)c(C(=O)O)c1C. The second kappa shape index (κ2) is 5.57. The van der Waals surface area contributed by atoms with Crippen LogP contribution in [0.5, 0.6) is 5.75 Å². The summed E-state index contributed by atoms with van der Waals surface area (Å²) in [5.41, 5.74) is 1.53. The quantitative estimate of drug-likeness (QED) is 0.811. The number of carboxylic acid groups (broad SMARTS) is 1. The number of rotatable bonds is 3. The molecule has 110 valence electrons. The van der Waals surface area contributed by atoms with Crippen molar-refractivity contribution in [3.05, 3.63) is 45.3 Å². The molecule has 1 heterocycles. The highest BCUT2D eigenvalue weighted by Crippen LogP contribution is 2.33. The van der Waals surface area contributed by atoms with E-state index >= 15 is 0 Å². The van der Waals surface area contributed by atoms with E-state index in [1.807, 2.05) is 6.92 Å². The van der Waals surface area contributed by atoms with E-state index in [4.69, 9.17) is 0 Å². The fraction of sp³-hybridized carbons (Fsp3) is 0.200. The molecular weight excluding hydrogens is 290 g/mol. The number of phenols is 1. The highest BCUT2D eigenvalue weighted by molar-refractivity contribution is 7.16. The molecule has 0 bridgehead atoms. The number of hydrogen-bond acceptors (Lipinski definition) is 4. The molecule has 2 rings (SSSR count). The number of aryl methyl sites for hydroxylation is 1. The second-order valence-electron chi connectivity index (χ2n) is 4.70. The lowest BCUT2D eigenvalue weighted by Crippen LogP contribution is -2.14. The number of hydrogen-bond donors (Lipinski definition) is 3. The van der Waals surface area contributed by atoms with Gasteiger partial charge in [0.1, 0.15) is 10.8 Å². The normalized spacial score (nSPS) is 10.4. The summed E-state index contributed by atoms with van der Waals surface area (Å²) < 4.78 is 0. The van der Waals surface area contributed by atoms with E-state index in [0.29, 0.717) is 21.7 Å². The van der Waals surface area contributed by atoms with Crippen LogP contribution < -0.4 is 5.32 Å². The van der Waals surface area contributed by atoms with Gasteiger partial charge in [0.05, 0.1) is 5.56 Å². The molecule has 0 aliphatic rings. The maximum atomic E-state index is 12.3. The molecule has 0 spiro atoms. The van der Waals surface area contributed by atoms with E-state index in [2.05, 4.69) is 5.32 Å². The molecular formula is C15H15NO4S. The average molecular weight is 305 g/mol. The van der Waals surface area contributed by atoms with Gasteiger partial charge in [-0.1, -0.05) is 6.07 Å². The number of thiophene rings is 1. The smallest absolute Gasteiger partial charge is 0.338 e. The van der Waals surface area contributed by atoms with Gasteiger partial charge in [0.25, 0.3) is 5.91 Å². The van der Waals surface area contributed by atoms with Gasteiger partial charge in [0.15, 0.2) is 0 Å². The number of anilines is 1. The number of carbonyl (C=O) groups excluding carboxylic acids is 1. The fourth-order valence-electron chi connectivity index (χ4n) is 2.01. The van der Waals surface area contributed by atoms with Crippen molar-refractivity contribution in [3.63, 3.8) is 0 Å². The Balaban J connectivity index is 2.39. The van der Waals surface area contributed by atoms with Crippen LogP contribution in [-0.2, 0) is 0 Å². The zero-order chi connectivity index (χ0) is 15.7. The molecule has 0 saturated carbocycles. The first kappa shape index (κ1) is 15.1. The summed E-state index contributed by atoms with van der Waals surface area (Å²) in [6.45, 7) is 5.15. The number of aromatic carboxylic acids is 1. The number of phenolic OH excluding ortho intramolecular Hbond substituents is 1. The van der Waals surface area contributed by atoms with E-state index in [-0.39, 0.29) is 11.3 Å². The molecule has 0 radical (unpaired) electrons. The Kier molecular flexibility index (Phi) is 3.99. The second-order valence-corrected chi connectivity index (χ2v) is 5.92. The number of aromatic hydroxyl groups is 1. The topological polar surface area (TPSA) is 86.6 Å². The molecule has 0 fully saturated rings. The minimum Gasteiger partial charge on any atom is -0.508 e. The summed E-state index contributed by atoms with van der Waals surface area (Å²) >= 11 is 1.23. The lowest BCUT2D eigenvalue weighted by molar-refractivity contribution is 0.0697. The van der Waals surface area contributed by atoms with Crippen LogP contribution >= 0.6 is 11.3 Å². The van der Waals surface area contributed by atoms with Crippen LogP contribution in [0.25, 0.3) is 0 Å². The van der Waals surface area contributed by atoms with Crippen LogP contribution in [0.1, 0.15) is 36.7 Å². The van der Waals surface area contributed by atoms with Crippen LogP contribution in [0.15, 0.2) is 18.2 Å². The number of nitrogens with one attached hydrogen (secondary N) is 1. The molecule has 0 saturated heterocycles. The maximum absolute atomic E-state index is 12.3. The summed E-state index contributed by atoms with van der Waals surface area (Å²) in [6.07, 6.45) is 0. The van der Waals surface area contributed by atoms with Crippen molar-refractivity contribution in [1.82, 2.24) is 0 Å². The Bertz CT molecular complexity index is 734. The molecule has 0 atom stereocenters. The summed E-state index contributed by atoms with van der Waals surface area (Å²) in [7, 11) is 0. The molecule has 0 aliphatic carbocycles. The molecule has 1 aromatic carbocycles. The standard InChI is InChI=1S/C15H15NO4S/c1-7-9(3)21-14(12(7)15(19)20)16-13(18)10-5-4-6-11(17)8(10)2/h4-6,17H,1-3H3,(H,16,18)(H,19,20). The van der Waals surface area contributed by atoms with Gasteiger partial charge in [-0.05, 0) is 38.5 Å². The summed E-state index contributed by atoms with van der Waals surface area (Å²) in [5.74, 6) is -1.48. The predicted molar refractivity (Wildman–Crippen MR) is 81.5 cm³/mol. The van der Waals surface area contributed by atoms with Crippen LogP contribution in [0.2, 0.25) is 0 Å². The van der Waals surface area contributed by atoms with Crippen LogP contribution in [0, 0.1) is 20.8 Å². The summed E-state index contributed by atoms with van der Waals surface area (Å²) in [5, 5.41) is 21.8. The van der Waals surface area contributed by atoms with E-state index in [9.17, 15) is 19.8 Å². The molecule has 1 amide bonds. The lowest BCUT2D eigenvalue weighted by Gasteiger charge is -2.08. The number of carbonyl (C=O) groups is 2. The van der Waals surface area contributed by atoms with Crippen molar-refractivity contribution in [2.45, 2.75) is 20.8 Å². The van der Waals surface area contributed by atoms with Crippen molar-refractivity contribution in [2.24, 2.45) is 0 Å². The summed E-state index contributed by atoms with van der Waals surface area (Å²) in [6, 6.07) is 4.65. The molecule has 0 unspecified atom stereocenters. The first-order chi connectivity index (χ1) is 9.82. The predicted octanol–water partition coefficient (Wildman–Crippen LogP) is 3.33. The van der Waals surface area contributed by atoms with Crippen molar-refractivity contribution < 1.29 is 19.8 Å². The van der Waals surface area contributed by atoms with Crippen molar-refractivity contribution in [2.75, 3.05) is 5.32 Å². The molecule has 21 heavy (non-hydrogen) atoms. The maximum Gasteiger partial charge on any atom is 0.338 e. The van der Waals surface area contributed by atoms with E-state index < -0.39 is 11.9 Å². The largest absolute Gasteiger partial charge is 0.508 e. The third-order valence-electron chi connectivity index (χ3n) is 3.38. The number of amides is 1. The van der Waals surface area contributed by atoms with Gasteiger partial charge in [0.2, 0.25) is 0 Å². The van der Waals surface area contributed by atoms with E-state index in [1.165, 1.54) is 17.4 Å². The first-order valence-electron chi connectivity index (χ1n) is 6.26. The third-order valence-corrected chi connectivity index (χ3v) is 4.50. The average Bonchev–Trinajstić information content (AvgIpc) is 2.67. The van der Waals surface area contributed by atoms with Crippen LogP contribution in [-0.4, -0.2) is 22.1 Å². The Morgan fingerprint density at radius 3 is 2.43 bits per heavy atom. The molecule has 3 N–H and O–H groups in total. The Labute approximate surface area is 125 Å². The van der Waals surface area contributed by atoms with Crippen LogP contribution in [0.3, 0.4) is 0 Å². The van der Waals surface area contributed by atoms with Gasteiger partial charge in [-0.25, -0.2) is 4.79 Å². The Morgan fingerprint density at radius 2 is 1.81 bits per heavy atom. The van der Waals surface area contributed by atoms with Crippen molar-refractivity contribution in [1.29, 1.82) is 0 Å². The number of benzene rings is 1. The van der Waals surface area contributed by atoms with Crippen molar-refractivity contribution >= 4 is 28.2 Å². The fourth-order valence-corrected chi connectivity index (χ4v) is 3.06. The molecule has 0 aliphatic heterocycles. The van der Waals surface area contributed by atoms with Crippen molar-refractivity contribution in [3.8, 4) is 5.75 Å². The third kappa shape index (κ3) is 2.75. The van der Waals surface area contributed by atoms with E-state index in [1.54, 1.807) is 26.0 Å². The van der Waals surface area contributed by atoms with Gasteiger partial charge in [-0.2, -0.15) is 0 Å². The molecule has 1 aromatic heterocycles. The minimum absolute atomic E-state index is 0.0275. The Hall–Kier alpha value is -2.34. The molecule has 5 nitrogen and oxygen atoms in total. The van der Waals surface area contributed by atoms with E-state index in [0.717, 1.165) is 4.88 Å². The van der Waals surface area contributed by atoms with Gasteiger partial charge >= 0.3 is 5.97 Å². The monoisotopic (exact) mass is 305 g/mol. The van der Waals surface area contributed by atoms with Crippen LogP contribution in [0.4, 0.5) is 5.00 Å². The lowest BCUT2D eigenvalue weighted by atomic mass is 10.1. The Morgan fingerprint density at radius 1 is 1.14 bits per heavy atom. The summed E-state index contributed by atoms with van der Waals surface area (Å²) in [4.78, 5) is 24.4.